The molecule has 2 unspecified atom stereocenters. The maximum Gasteiger partial charge on any atom is 0.220 e. The quantitative estimate of drug-likeness (QED) is 0.0481. The van der Waals surface area contributed by atoms with Gasteiger partial charge in [0.15, 0.2) is 0 Å². The molecule has 264 valence electrons. The standard InChI is InChI=1S/C41H77NO3/c1-3-5-7-9-11-13-14-15-16-17-18-19-20-21-22-23-24-25-26-27-28-29-31-33-35-37-41(45)42-39(38-43)40(44)36-34-32-30-12-10-8-6-4-2/h14-15,17-18,34,36,39-40,43-44H,3-13,16,19-33,35,37-38H2,1-2H3,(H,42,45)/b15-14-,18-17-,36-34+. The maximum atomic E-state index is 12.3. The summed E-state index contributed by atoms with van der Waals surface area (Å²) in [6.45, 7) is 4.25. The number of aliphatic hydroxyl groups excluding tert-OH is 2. The van der Waals surface area contributed by atoms with Crippen LogP contribution < -0.4 is 5.32 Å². The van der Waals surface area contributed by atoms with E-state index in [2.05, 4.69) is 43.5 Å². The van der Waals surface area contributed by atoms with Crippen molar-refractivity contribution >= 4 is 5.91 Å². The normalized spacial score (nSPS) is 13.4. The van der Waals surface area contributed by atoms with Gasteiger partial charge in [0.2, 0.25) is 5.91 Å². The second kappa shape index (κ2) is 37.1. The molecule has 0 aliphatic carbocycles. The van der Waals surface area contributed by atoms with Gasteiger partial charge in [-0.25, -0.2) is 0 Å². The molecule has 0 aromatic rings. The van der Waals surface area contributed by atoms with Crippen LogP contribution in [0.15, 0.2) is 36.5 Å². The van der Waals surface area contributed by atoms with Crippen molar-refractivity contribution in [3.63, 3.8) is 0 Å². The number of hydrogen-bond acceptors (Lipinski definition) is 3. The molecule has 45 heavy (non-hydrogen) atoms. The van der Waals surface area contributed by atoms with E-state index in [0.29, 0.717) is 6.42 Å². The van der Waals surface area contributed by atoms with Gasteiger partial charge in [0.05, 0.1) is 18.8 Å². The Morgan fingerprint density at radius 1 is 0.533 bits per heavy atom. The van der Waals surface area contributed by atoms with Crippen LogP contribution in [-0.4, -0.2) is 34.9 Å². The number of rotatable bonds is 35. The van der Waals surface area contributed by atoms with E-state index in [1.54, 1.807) is 6.08 Å². The number of carbonyl (C=O) groups excluding carboxylic acids is 1. The average Bonchev–Trinajstić information content (AvgIpc) is 3.04. The van der Waals surface area contributed by atoms with Crippen molar-refractivity contribution in [3.05, 3.63) is 36.5 Å². The van der Waals surface area contributed by atoms with Crippen LogP contribution in [0.5, 0.6) is 0 Å². The molecule has 0 fully saturated rings. The minimum Gasteiger partial charge on any atom is -0.394 e. The minimum absolute atomic E-state index is 0.0691. The van der Waals surface area contributed by atoms with E-state index in [-0.39, 0.29) is 12.5 Å². The summed E-state index contributed by atoms with van der Waals surface area (Å²) >= 11 is 0. The van der Waals surface area contributed by atoms with Crippen molar-refractivity contribution in [1.29, 1.82) is 0 Å². The first-order valence-corrected chi connectivity index (χ1v) is 19.7. The van der Waals surface area contributed by atoms with Crippen LogP contribution in [0.25, 0.3) is 0 Å². The molecule has 0 aliphatic heterocycles. The summed E-state index contributed by atoms with van der Waals surface area (Å²) in [6, 6.07) is -0.618. The highest BCUT2D eigenvalue weighted by atomic mass is 16.3. The highest BCUT2D eigenvalue weighted by Crippen LogP contribution is 2.14. The summed E-state index contributed by atoms with van der Waals surface area (Å²) in [4.78, 5) is 12.3. The van der Waals surface area contributed by atoms with Gasteiger partial charge in [0.1, 0.15) is 0 Å². The van der Waals surface area contributed by atoms with Gasteiger partial charge in [-0.05, 0) is 51.4 Å². The highest BCUT2D eigenvalue weighted by Gasteiger charge is 2.17. The fraction of sp³-hybridized carbons (Fsp3) is 0.829. The Bertz CT molecular complexity index is 686. The van der Waals surface area contributed by atoms with Gasteiger partial charge in [-0.15, -0.1) is 0 Å². The van der Waals surface area contributed by atoms with Crippen molar-refractivity contribution in [2.24, 2.45) is 0 Å². The number of nitrogens with one attached hydrogen (secondary N) is 1. The van der Waals surface area contributed by atoms with Crippen LogP contribution in [0, 0.1) is 0 Å². The van der Waals surface area contributed by atoms with Gasteiger partial charge in [0.25, 0.3) is 0 Å². The van der Waals surface area contributed by atoms with Crippen molar-refractivity contribution in [2.45, 2.75) is 212 Å². The molecule has 0 saturated carbocycles. The third-order valence-corrected chi connectivity index (χ3v) is 8.87. The number of carbonyl (C=O) groups is 1. The summed E-state index contributed by atoms with van der Waals surface area (Å²) in [6.07, 6.45) is 48.2. The Morgan fingerprint density at radius 3 is 1.33 bits per heavy atom. The lowest BCUT2D eigenvalue weighted by Gasteiger charge is -2.20. The number of hydrogen-bond donors (Lipinski definition) is 3. The first-order chi connectivity index (χ1) is 22.2. The summed E-state index contributed by atoms with van der Waals surface area (Å²) < 4.78 is 0. The molecule has 1 amide bonds. The van der Waals surface area contributed by atoms with Crippen LogP contribution in [0.2, 0.25) is 0 Å². The number of amides is 1. The maximum absolute atomic E-state index is 12.3. The Morgan fingerprint density at radius 2 is 0.911 bits per heavy atom. The Labute approximate surface area is 281 Å². The summed E-state index contributed by atoms with van der Waals surface area (Å²) in [5.74, 6) is -0.0691. The third kappa shape index (κ3) is 33.8. The first kappa shape index (κ1) is 43.6. The van der Waals surface area contributed by atoms with E-state index in [9.17, 15) is 15.0 Å². The molecule has 0 aliphatic rings. The predicted octanol–water partition coefficient (Wildman–Crippen LogP) is 11.8. The van der Waals surface area contributed by atoms with Crippen LogP contribution in [-0.2, 0) is 4.79 Å². The smallest absolute Gasteiger partial charge is 0.220 e. The fourth-order valence-corrected chi connectivity index (χ4v) is 5.80. The van der Waals surface area contributed by atoms with Crippen molar-refractivity contribution in [3.8, 4) is 0 Å². The molecule has 0 aromatic heterocycles. The molecule has 0 heterocycles. The van der Waals surface area contributed by atoms with Crippen molar-refractivity contribution in [1.82, 2.24) is 5.32 Å². The molecule has 3 N–H and O–H groups in total. The predicted molar refractivity (Wildman–Crippen MR) is 198 cm³/mol. The second-order valence-electron chi connectivity index (χ2n) is 13.3. The lowest BCUT2D eigenvalue weighted by atomic mass is 10.0. The van der Waals surface area contributed by atoms with Crippen LogP contribution in [0.1, 0.15) is 200 Å². The van der Waals surface area contributed by atoms with Crippen LogP contribution in [0.4, 0.5) is 0 Å². The molecular weight excluding hydrogens is 554 g/mol. The number of unbranched alkanes of at least 4 members (excludes halogenated alkanes) is 24. The van der Waals surface area contributed by atoms with Crippen molar-refractivity contribution < 1.29 is 15.0 Å². The van der Waals surface area contributed by atoms with E-state index in [0.717, 1.165) is 32.1 Å². The summed E-state index contributed by atoms with van der Waals surface area (Å²) in [5, 5.41) is 22.8. The monoisotopic (exact) mass is 632 g/mol. The molecule has 0 saturated heterocycles. The average molecular weight is 632 g/mol. The zero-order valence-electron chi connectivity index (χ0n) is 30.1. The zero-order valence-corrected chi connectivity index (χ0v) is 30.1. The molecule has 0 aromatic carbocycles. The third-order valence-electron chi connectivity index (χ3n) is 8.87. The van der Waals surface area contributed by atoms with E-state index in [1.165, 1.54) is 148 Å². The van der Waals surface area contributed by atoms with E-state index in [4.69, 9.17) is 0 Å². The number of aliphatic hydroxyl groups is 2. The van der Waals surface area contributed by atoms with Gasteiger partial charge in [-0.3, -0.25) is 4.79 Å². The molecule has 2 atom stereocenters. The van der Waals surface area contributed by atoms with Gasteiger partial charge in [0, 0.05) is 6.42 Å². The molecule has 0 radical (unpaired) electrons. The van der Waals surface area contributed by atoms with Gasteiger partial charge >= 0.3 is 0 Å². The molecule has 4 heteroatoms. The highest BCUT2D eigenvalue weighted by molar-refractivity contribution is 5.76. The van der Waals surface area contributed by atoms with Gasteiger partial charge in [-0.2, -0.15) is 0 Å². The van der Waals surface area contributed by atoms with Crippen molar-refractivity contribution in [2.75, 3.05) is 6.61 Å². The topological polar surface area (TPSA) is 69.6 Å². The molecular formula is C41H77NO3. The van der Waals surface area contributed by atoms with Crippen LogP contribution >= 0.6 is 0 Å². The Balaban J connectivity index is 3.49. The van der Waals surface area contributed by atoms with E-state index in [1.807, 2.05) is 6.08 Å². The Hall–Kier alpha value is -1.39. The summed E-state index contributed by atoms with van der Waals surface area (Å²) in [7, 11) is 0. The van der Waals surface area contributed by atoms with Gasteiger partial charge in [-0.1, -0.05) is 179 Å². The molecule has 0 bridgehead atoms. The SMILES string of the molecule is CCCCCCC/C=C\C/C=C\CCCCCCCCCCCCCCCC(=O)NC(CO)C(O)/C=C/CCCCCCCC. The molecule has 0 rings (SSSR count). The minimum atomic E-state index is -0.835. The fourth-order valence-electron chi connectivity index (χ4n) is 5.80. The first-order valence-electron chi connectivity index (χ1n) is 19.7. The van der Waals surface area contributed by atoms with Crippen LogP contribution in [0.3, 0.4) is 0 Å². The molecule has 0 spiro atoms. The molecule has 4 nitrogen and oxygen atoms in total. The number of allylic oxidation sites excluding steroid dienone is 5. The van der Waals surface area contributed by atoms with Gasteiger partial charge < -0.3 is 15.5 Å². The lowest BCUT2D eigenvalue weighted by Crippen LogP contribution is -2.45. The zero-order chi connectivity index (χ0) is 32.9. The largest absolute Gasteiger partial charge is 0.394 e. The second-order valence-corrected chi connectivity index (χ2v) is 13.3. The van der Waals surface area contributed by atoms with E-state index < -0.39 is 12.1 Å². The van der Waals surface area contributed by atoms with E-state index >= 15 is 0 Å². The summed E-state index contributed by atoms with van der Waals surface area (Å²) in [5.41, 5.74) is 0. The lowest BCUT2D eigenvalue weighted by molar-refractivity contribution is -0.123. The Kier molecular flexibility index (Phi) is 35.9.